The number of hydrogen-bond acceptors (Lipinski definition) is 18. The molecule has 3 aliphatic heterocycles. The molecule has 7 N–H and O–H groups in total. The van der Waals surface area contributed by atoms with Crippen molar-refractivity contribution in [1.82, 2.24) is 39.0 Å². The molecule has 7 heterocycles. The molecule has 4 aromatic heterocycles. The summed E-state index contributed by atoms with van der Waals surface area (Å²) in [6.45, 7) is -6.60. The highest BCUT2D eigenvalue weighted by atomic mass is 32.5. The van der Waals surface area contributed by atoms with E-state index in [1.165, 1.54) is 55.6 Å². The largest absolute Gasteiger partial charge is 0.387 e. The summed E-state index contributed by atoms with van der Waals surface area (Å²) >= 11 is 11.0. The first kappa shape index (κ1) is 39.8. The quantitative estimate of drug-likeness (QED) is 0.101. The van der Waals surface area contributed by atoms with Crippen molar-refractivity contribution >= 4 is 71.0 Å². The zero-order chi connectivity index (χ0) is 38.0. The molecule has 54 heavy (non-hydrogen) atoms. The molecule has 0 amide bonds. The minimum absolute atomic E-state index is 0.120. The van der Waals surface area contributed by atoms with Crippen LogP contribution in [-0.4, -0.2) is 110 Å². The molecule has 7 rings (SSSR count). The van der Waals surface area contributed by atoms with Gasteiger partial charge in [-0.15, -0.1) is 0 Å². The van der Waals surface area contributed by atoms with E-state index >= 15 is 0 Å². The van der Waals surface area contributed by atoms with Gasteiger partial charge in [0.2, 0.25) is 0 Å². The monoisotopic (exact) mass is 830 g/mol. The fraction of sp³-hybridized carbons (Fsp3) is 0.667. The average Bonchev–Trinajstić information content (AvgIpc) is 3.91. The molecule has 0 aromatic carbocycles. The number of nitrogens with zero attached hydrogens (tertiary/aromatic N) is 8. The minimum atomic E-state index is -4.17. The first-order chi connectivity index (χ1) is 26.0. The second-order valence-corrected chi connectivity index (χ2v) is 18.8. The Morgan fingerprint density at radius 1 is 0.741 bits per heavy atom. The van der Waals surface area contributed by atoms with Gasteiger partial charge in [0.25, 0.3) is 0 Å². The van der Waals surface area contributed by atoms with Crippen LogP contribution in [0.15, 0.2) is 25.3 Å². The lowest BCUT2D eigenvalue weighted by Crippen LogP contribution is -2.38. The summed E-state index contributed by atoms with van der Waals surface area (Å²) in [5, 5.41) is 11.4. The van der Waals surface area contributed by atoms with Crippen molar-refractivity contribution in [1.29, 1.82) is 0 Å². The molecular weight excluding hydrogens is 786 g/mol. The van der Waals surface area contributed by atoms with Crippen molar-refractivity contribution in [3.05, 3.63) is 25.3 Å². The molecule has 10 atom stereocenters. The number of ether oxygens (including phenoxy) is 3. The first-order valence-corrected chi connectivity index (χ1v) is 22.9. The maximum Gasteiger partial charge on any atom is 0.325 e. The van der Waals surface area contributed by atoms with Gasteiger partial charge in [0, 0.05) is 6.61 Å². The second-order valence-electron chi connectivity index (χ2n) is 13.3. The Labute approximate surface area is 320 Å². The Hall–Kier alpha value is -2.40. The summed E-state index contributed by atoms with van der Waals surface area (Å²) in [4.78, 5) is 48.2. The standard InChI is InChI=1S/C30H44N10O10P2S2/c1-2-3-4-5-6-7-8-9-10-44-24-22-18(48-30(24)40-16-38-20-26(32)34-14-36-28(20)40)12-46-52(43,54)50-23-21(41)17(11-45-51(42,53)49-22)47-29(23)39-15-37-19-25(31)33-13-35-27(19)39/h13-18,21-24,29-30,41H,2-12H2,1H3,(H,42,53)(H,43,54)(H2,31,33,35)(H2,32,34,36)/t17-,18-,21-,22-,23-,24-,29-,30-,51?,52?/m1/s1. The molecule has 24 heteroatoms. The molecule has 0 saturated carbocycles. The van der Waals surface area contributed by atoms with Gasteiger partial charge < -0.3 is 49.6 Å². The third kappa shape index (κ3) is 8.62. The van der Waals surface area contributed by atoms with E-state index in [2.05, 4.69) is 36.8 Å². The van der Waals surface area contributed by atoms with Crippen LogP contribution in [0.2, 0.25) is 0 Å². The summed E-state index contributed by atoms with van der Waals surface area (Å²) in [6, 6.07) is 0. The lowest BCUT2D eigenvalue weighted by Gasteiger charge is -2.29. The van der Waals surface area contributed by atoms with Crippen molar-refractivity contribution in [3.63, 3.8) is 0 Å². The number of aliphatic hydroxyl groups is 1. The number of hydrogen-bond donors (Lipinski definition) is 5. The summed E-state index contributed by atoms with van der Waals surface area (Å²) in [5.74, 6) is 0.291. The van der Waals surface area contributed by atoms with Crippen molar-refractivity contribution in [2.45, 2.75) is 107 Å². The molecule has 296 valence electrons. The van der Waals surface area contributed by atoms with E-state index in [0.29, 0.717) is 17.8 Å². The van der Waals surface area contributed by atoms with E-state index in [9.17, 15) is 14.9 Å². The fourth-order valence-electron chi connectivity index (χ4n) is 6.84. The van der Waals surface area contributed by atoms with E-state index in [1.807, 2.05) is 0 Å². The van der Waals surface area contributed by atoms with Crippen molar-refractivity contribution < 1.29 is 47.2 Å². The maximum atomic E-state index is 11.5. The summed E-state index contributed by atoms with van der Waals surface area (Å²) in [5.41, 5.74) is 13.3. The summed E-state index contributed by atoms with van der Waals surface area (Å²) < 4.78 is 46.0. The summed E-state index contributed by atoms with van der Waals surface area (Å²) in [7, 11) is 0. The van der Waals surface area contributed by atoms with Crippen LogP contribution in [0.1, 0.15) is 70.7 Å². The van der Waals surface area contributed by atoms with E-state index in [0.717, 1.165) is 25.7 Å². The van der Waals surface area contributed by atoms with Crippen molar-refractivity contribution in [2.75, 3.05) is 31.3 Å². The predicted molar refractivity (Wildman–Crippen MR) is 200 cm³/mol. The number of rotatable bonds is 12. The molecule has 4 aromatic rings. The van der Waals surface area contributed by atoms with Gasteiger partial charge in [-0.2, -0.15) is 0 Å². The van der Waals surface area contributed by atoms with Gasteiger partial charge in [-0.1, -0.05) is 51.9 Å². The molecule has 3 aliphatic rings. The molecule has 0 radical (unpaired) electrons. The van der Waals surface area contributed by atoms with Crippen LogP contribution in [0.25, 0.3) is 22.3 Å². The van der Waals surface area contributed by atoms with Gasteiger partial charge in [0.05, 0.1) is 25.9 Å². The maximum absolute atomic E-state index is 11.5. The number of nitrogen functional groups attached to an aromatic ring is 2. The smallest absolute Gasteiger partial charge is 0.325 e. The van der Waals surface area contributed by atoms with Crippen LogP contribution in [-0.2, 0) is 55.9 Å². The number of aromatic nitrogens is 8. The third-order valence-electron chi connectivity index (χ3n) is 9.54. The van der Waals surface area contributed by atoms with Gasteiger partial charge in [-0.3, -0.25) is 18.2 Å². The molecule has 3 fully saturated rings. The number of nitrogens with two attached hydrogens (primary N) is 2. The Morgan fingerprint density at radius 2 is 1.26 bits per heavy atom. The highest BCUT2D eigenvalue weighted by Crippen LogP contribution is 2.54. The van der Waals surface area contributed by atoms with E-state index < -0.39 is 75.7 Å². The van der Waals surface area contributed by atoms with Crippen LogP contribution in [0.5, 0.6) is 0 Å². The minimum Gasteiger partial charge on any atom is -0.387 e. The molecule has 2 bridgehead atoms. The molecule has 0 spiro atoms. The molecule has 0 aliphatic carbocycles. The highest BCUT2D eigenvalue weighted by Gasteiger charge is 2.53. The van der Waals surface area contributed by atoms with E-state index in [1.54, 1.807) is 4.57 Å². The van der Waals surface area contributed by atoms with E-state index in [4.69, 9.17) is 67.4 Å². The van der Waals surface area contributed by atoms with Gasteiger partial charge in [-0.05, 0) is 30.0 Å². The normalized spacial score (nSPS) is 33.4. The molecule has 2 unspecified atom stereocenters. The van der Waals surface area contributed by atoms with Gasteiger partial charge in [0.15, 0.2) is 35.4 Å². The first-order valence-electron chi connectivity index (χ1n) is 17.7. The number of anilines is 2. The Morgan fingerprint density at radius 3 is 1.87 bits per heavy atom. The third-order valence-corrected chi connectivity index (χ3v) is 12.7. The van der Waals surface area contributed by atoms with Crippen LogP contribution in [0.3, 0.4) is 0 Å². The average molecular weight is 831 g/mol. The van der Waals surface area contributed by atoms with Crippen LogP contribution in [0, 0.1) is 0 Å². The van der Waals surface area contributed by atoms with Crippen LogP contribution in [0.4, 0.5) is 11.6 Å². The molecule has 3 saturated heterocycles. The van der Waals surface area contributed by atoms with Crippen molar-refractivity contribution in [3.8, 4) is 0 Å². The highest BCUT2D eigenvalue weighted by molar-refractivity contribution is 8.07. The lowest BCUT2D eigenvalue weighted by atomic mass is 10.1. The molecule has 20 nitrogen and oxygen atoms in total. The van der Waals surface area contributed by atoms with Gasteiger partial charge >= 0.3 is 13.4 Å². The second kappa shape index (κ2) is 17.0. The zero-order valence-electron chi connectivity index (χ0n) is 29.3. The van der Waals surface area contributed by atoms with Crippen LogP contribution >= 0.6 is 13.4 Å². The molecular formula is C30H44N10O10P2S2. The van der Waals surface area contributed by atoms with E-state index in [-0.39, 0.29) is 22.8 Å². The predicted octanol–water partition coefficient (Wildman–Crippen LogP) is 2.76. The number of fused-ring (bicyclic) bond motifs is 5. The SMILES string of the molecule is CCCCCCCCCCO[C@@H]1[C@@H]2OP(O)(=S)OC[C@H]3O[C@@H](n4cnc5c(N)ncnc54)[C@H](OP(O)(=S)OC[C@H]2O[C@H]1n1cnc2c(N)ncnc21)[C@@H]3O. The van der Waals surface area contributed by atoms with Crippen LogP contribution < -0.4 is 11.5 Å². The Kier molecular flexibility index (Phi) is 12.5. The van der Waals surface area contributed by atoms with Crippen molar-refractivity contribution in [2.24, 2.45) is 0 Å². The number of unbranched alkanes of at least 4 members (excludes halogenated alkanes) is 7. The topological polar surface area (TPSA) is 265 Å². The van der Waals surface area contributed by atoms with Gasteiger partial charge in [-0.25, -0.2) is 29.9 Å². The summed E-state index contributed by atoms with van der Waals surface area (Å²) in [6.07, 6.45) is 5.12. The van der Waals surface area contributed by atoms with Gasteiger partial charge in [0.1, 0.15) is 60.3 Å². The Balaban J connectivity index is 1.15. The number of aliphatic hydroxyl groups excluding tert-OH is 1. The fourth-order valence-corrected chi connectivity index (χ4v) is 9.69. The zero-order valence-corrected chi connectivity index (χ0v) is 32.8. The Bertz CT molecular complexity index is 2010. The lowest BCUT2D eigenvalue weighted by molar-refractivity contribution is -0.0711. The number of imidazole rings is 2.